The number of aliphatic hydroxyl groups is 1. The van der Waals surface area contributed by atoms with E-state index in [1.165, 1.54) is 24.9 Å². The zero-order valence-electron chi connectivity index (χ0n) is 10.5. The van der Waals surface area contributed by atoms with Gasteiger partial charge in [0.15, 0.2) is 0 Å². The highest BCUT2D eigenvalue weighted by molar-refractivity contribution is 5.60. The van der Waals surface area contributed by atoms with Gasteiger partial charge in [0.05, 0.1) is 0 Å². The van der Waals surface area contributed by atoms with Crippen LogP contribution < -0.4 is 10.6 Å². The third-order valence-corrected chi connectivity index (χ3v) is 3.68. The summed E-state index contributed by atoms with van der Waals surface area (Å²) < 4.78 is 0. The van der Waals surface area contributed by atoms with Crippen LogP contribution in [0, 0.1) is 6.92 Å². The van der Waals surface area contributed by atoms with E-state index in [4.69, 9.17) is 10.8 Å². The Hall–Kier alpha value is -1.22. The van der Waals surface area contributed by atoms with Crippen molar-refractivity contribution in [1.29, 1.82) is 0 Å². The molecule has 1 fully saturated rings. The third-order valence-electron chi connectivity index (χ3n) is 3.68. The summed E-state index contributed by atoms with van der Waals surface area (Å²) in [6.45, 7) is 3.37. The van der Waals surface area contributed by atoms with E-state index in [0.29, 0.717) is 6.04 Å². The van der Waals surface area contributed by atoms with Crippen LogP contribution in [0.15, 0.2) is 18.2 Å². The first-order chi connectivity index (χ1) is 8.22. The summed E-state index contributed by atoms with van der Waals surface area (Å²) in [4.78, 5) is 2.40. The molecule has 3 N–H and O–H groups in total. The fourth-order valence-corrected chi connectivity index (χ4v) is 2.60. The maximum atomic E-state index is 9.13. The van der Waals surface area contributed by atoms with Gasteiger partial charge in [-0.2, -0.15) is 0 Å². The third kappa shape index (κ3) is 2.72. The van der Waals surface area contributed by atoms with Crippen molar-refractivity contribution in [2.24, 2.45) is 0 Å². The van der Waals surface area contributed by atoms with Crippen LogP contribution in [-0.4, -0.2) is 24.3 Å². The van der Waals surface area contributed by atoms with Gasteiger partial charge in [-0.05, 0) is 50.3 Å². The summed E-state index contributed by atoms with van der Waals surface area (Å²) in [6, 6.07) is 6.75. The highest BCUT2D eigenvalue weighted by atomic mass is 16.3. The lowest BCUT2D eigenvalue weighted by Gasteiger charge is -2.37. The van der Waals surface area contributed by atoms with E-state index in [2.05, 4.69) is 23.1 Å². The number of rotatable bonds is 3. The van der Waals surface area contributed by atoms with Crippen molar-refractivity contribution in [3.8, 4) is 0 Å². The molecule has 0 aliphatic carbocycles. The van der Waals surface area contributed by atoms with Gasteiger partial charge in [0.25, 0.3) is 0 Å². The minimum Gasteiger partial charge on any atom is -0.398 e. The normalized spacial score (nSPS) is 20.6. The molecular weight excluding hydrogens is 212 g/mol. The van der Waals surface area contributed by atoms with E-state index in [1.54, 1.807) is 0 Å². The van der Waals surface area contributed by atoms with Crippen LogP contribution in [0.3, 0.4) is 0 Å². The van der Waals surface area contributed by atoms with Gasteiger partial charge in [-0.15, -0.1) is 0 Å². The Morgan fingerprint density at radius 3 is 2.94 bits per heavy atom. The fourth-order valence-electron chi connectivity index (χ4n) is 2.60. The van der Waals surface area contributed by atoms with E-state index in [0.717, 1.165) is 24.2 Å². The largest absolute Gasteiger partial charge is 0.398 e. The maximum Gasteiger partial charge on any atom is 0.0450 e. The van der Waals surface area contributed by atoms with Crippen LogP contribution in [0.5, 0.6) is 0 Å². The minimum absolute atomic E-state index is 0.266. The summed E-state index contributed by atoms with van der Waals surface area (Å²) in [5, 5.41) is 9.13. The maximum absolute atomic E-state index is 9.13. The molecule has 0 aromatic heterocycles. The first kappa shape index (κ1) is 12.2. The Bertz CT molecular complexity index is 376. The molecule has 1 aliphatic rings. The van der Waals surface area contributed by atoms with Crippen LogP contribution in [0.4, 0.5) is 11.4 Å². The Morgan fingerprint density at radius 2 is 2.24 bits per heavy atom. The first-order valence-corrected chi connectivity index (χ1v) is 6.46. The highest BCUT2D eigenvalue weighted by Gasteiger charge is 2.22. The van der Waals surface area contributed by atoms with Crippen molar-refractivity contribution in [2.75, 3.05) is 23.8 Å². The van der Waals surface area contributed by atoms with Gasteiger partial charge in [-0.1, -0.05) is 6.07 Å². The van der Waals surface area contributed by atoms with Gasteiger partial charge in [0.2, 0.25) is 0 Å². The number of piperidine rings is 1. The Morgan fingerprint density at radius 1 is 1.41 bits per heavy atom. The van der Waals surface area contributed by atoms with Gasteiger partial charge in [0, 0.05) is 30.6 Å². The molecule has 1 atom stereocenters. The summed E-state index contributed by atoms with van der Waals surface area (Å²) >= 11 is 0. The monoisotopic (exact) mass is 234 g/mol. The predicted octanol–water partition coefficient (Wildman–Crippen LogP) is 2.32. The summed E-state index contributed by atoms with van der Waals surface area (Å²) in [7, 11) is 0. The Labute approximate surface area is 103 Å². The lowest BCUT2D eigenvalue weighted by atomic mass is 9.98. The van der Waals surface area contributed by atoms with E-state index in [-0.39, 0.29) is 6.61 Å². The second-order valence-corrected chi connectivity index (χ2v) is 4.90. The molecule has 3 nitrogen and oxygen atoms in total. The van der Waals surface area contributed by atoms with Crippen molar-refractivity contribution in [1.82, 2.24) is 0 Å². The number of aryl methyl sites for hydroxylation is 1. The number of nitrogen functional groups attached to an aromatic ring is 1. The van der Waals surface area contributed by atoms with Crippen molar-refractivity contribution < 1.29 is 5.11 Å². The zero-order valence-corrected chi connectivity index (χ0v) is 10.5. The standard InChI is InChI=1S/C14H22N2O/c1-11-5-6-13(10-14(11)15)16-8-3-2-4-12(16)7-9-17/h5-6,10,12,17H,2-4,7-9,15H2,1H3. The lowest BCUT2D eigenvalue weighted by Crippen LogP contribution is -2.40. The molecule has 94 valence electrons. The van der Waals surface area contributed by atoms with E-state index < -0.39 is 0 Å². The Kier molecular flexibility index (Phi) is 3.89. The number of aliphatic hydroxyl groups excluding tert-OH is 1. The summed E-state index contributed by atoms with van der Waals surface area (Å²) in [5.74, 6) is 0. The predicted molar refractivity (Wildman–Crippen MR) is 72.3 cm³/mol. The molecule has 1 unspecified atom stereocenters. The molecule has 1 aromatic carbocycles. The van der Waals surface area contributed by atoms with E-state index >= 15 is 0 Å². The van der Waals surface area contributed by atoms with Gasteiger partial charge in [-0.25, -0.2) is 0 Å². The average molecular weight is 234 g/mol. The quantitative estimate of drug-likeness (QED) is 0.789. The molecule has 2 rings (SSSR count). The van der Waals surface area contributed by atoms with Crippen LogP contribution in [-0.2, 0) is 0 Å². The SMILES string of the molecule is Cc1ccc(N2CCCCC2CCO)cc1N. The molecule has 0 spiro atoms. The van der Waals surface area contributed by atoms with Crippen molar-refractivity contribution in [3.05, 3.63) is 23.8 Å². The molecule has 1 aliphatic heterocycles. The molecule has 0 amide bonds. The molecule has 3 heteroatoms. The summed E-state index contributed by atoms with van der Waals surface area (Å²) in [6.07, 6.45) is 4.53. The van der Waals surface area contributed by atoms with Gasteiger partial charge >= 0.3 is 0 Å². The molecule has 1 aromatic rings. The molecular formula is C14H22N2O. The van der Waals surface area contributed by atoms with Crippen molar-refractivity contribution in [2.45, 2.75) is 38.6 Å². The average Bonchev–Trinajstić information content (AvgIpc) is 2.34. The number of nitrogens with zero attached hydrogens (tertiary/aromatic N) is 1. The summed E-state index contributed by atoms with van der Waals surface area (Å²) in [5.41, 5.74) is 9.16. The number of benzene rings is 1. The van der Waals surface area contributed by atoms with Gasteiger partial charge < -0.3 is 15.7 Å². The van der Waals surface area contributed by atoms with Gasteiger partial charge in [0.1, 0.15) is 0 Å². The molecule has 0 bridgehead atoms. The number of hydrogen-bond acceptors (Lipinski definition) is 3. The minimum atomic E-state index is 0.266. The Balaban J connectivity index is 2.20. The topological polar surface area (TPSA) is 49.5 Å². The van der Waals surface area contributed by atoms with Crippen LogP contribution in [0.1, 0.15) is 31.2 Å². The van der Waals surface area contributed by atoms with E-state index in [9.17, 15) is 0 Å². The zero-order chi connectivity index (χ0) is 12.3. The first-order valence-electron chi connectivity index (χ1n) is 6.46. The smallest absolute Gasteiger partial charge is 0.0450 e. The van der Waals surface area contributed by atoms with Crippen LogP contribution in [0.25, 0.3) is 0 Å². The molecule has 0 saturated carbocycles. The number of nitrogens with two attached hydrogens (primary N) is 1. The van der Waals surface area contributed by atoms with Crippen LogP contribution in [0.2, 0.25) is 0 Å². The number of anilines is 2. The fraction of sp³-hybridized carbons (Fsp3) is 0.571. The van der Waals surface area contributed by atoms with E-state index in [1.807, 2.05) is 6.92 Å². The van der Waals surface area contributed by atoms with Crippen molar-refractivity contribution >= 4 is 11.4 Å². The molecule has 1 heterocycles. The van der Waals surface area contributed by atoms with Gasteiger partial charge in [-0.3, -0.25) is 0 Å². The van der Waals surface area contributed by atoms with Crippen LogP contribution >= 0.6 is 0 Å². The van der Waals surface area contributed by atoms with Crippen molar-refractivity contribution in [3.63, 3.8) is 0 Å². The second kappa shape index (κ2) is 5.41. The molecule has 0 radical (unpaired) electrons. The number of hydrogen-bond donors (Lipinski definition) is 2. The lowest BCUT2D eigenvalue weighted by molar-refractivity contribution is 0.262. The second-order valence-electron chi connectivity index (χ2n) is 4.90. The molecule has 1 saturated heterocycles. The highest BCUT2D eigenvalue weighted by Crippen LogP contribution is 2.28. The molecule has 17 heavy (non-hydrogen) atoms.